The van der Waals surface area contributed by atoms with Crippen molar-refractivity contribution in [3.8, 4) is 10.6 Å². The monoisotopic (exact) mass is 427 g/mol. The molecular weight excluding hydrogens is 398 g/mol. The van der Waals surface area contributed by atoms with Crippen LogP contribution in [0.15, 0.2) is 23.6 Å². The number of thiophene rings is 1. The Morgan fingerprint density at radius 1 is 1.30 bits per heavy atom. The van der Waals surface area contributed by atoms with E-state index in [1.807, 2.05) is 11.8 Å². The summed E-state index contributed by atoms with van der Waals surface area (Å²) in [6.07, 6.45) is 2.32. The molecule has 6 heterocycles. The highest BCUT2D eigenvalue weighted by Gasteiger charge is 2.41. The summed E-state index contributed by atoms with van der Waals surface area (Å²) < 4.78 is 5.34. The van der Waals surface area contributed by atoms with Crippen molar-refractivity contribution in [2.45, 2.75) is 31.7 Å². The first kappa shape index (κ1) is 19.9. The highest BCUT2D eigenvalue weighted by Crippen LogP contribution is 2.41. The Hall–Kier alpha value is -2.03. The van der Waals surface area contributed by atoms with E-state index in [2.05, 4.69) is 38.8 Å². The number of ether oxygens (including phenoxy) is 1. The normalized spacial score (nSPS) is 28.5. The molecule has 4 fully saturated rings. The van der Waals surface area contributed by atoms with Gasteiger partial charge in [0.2, 0.25) is 0 Å². The minimum atomic E-state index is 0.0458. The average molecular weight is 428 g/mol. The molecule has 1 N–H and O–H groups in total. The maximum atomic E-state index is 12.4. The Morgan fingerprint density at radius 2 is 2.17 bits per heavy atom. The van der Waals surface area contributed by atoms with E-state index >= 15 is 0 Å². The van der Waals surface area contributed by atoms with Crippen LogP contribution in [0, 0.1) is 12.8 Å². The first-order valence-corrected chi connectivity index (χ1v) is 11.8. The van der Waals surface area contributed by atoms with Crippen LogP contribution in [-0.2, 0) is 4.74 Å². The molecular formula is C22H29N5O2S. The highest BCUT2D eigenvalue weighted by molar-refractivity contribution is 7.13. The quantitative estimate of drug-likeness (QED) is 0.813. The van der Waals surface area contributed by atoms with Gasteiger partial charge in [0, 0.05) is 43.8 Å². The fraction of sp³-hybridized carbons (Fsp3) is 0.591. The number of nitrogens with one attached hydrogen (secondary N) is 1. The van der Waals surface area contributed by atoms with Crippen LogP contribution in [0.4, 0.5) is 4.79 Å². The number of amides is 2. The van der Waals surface area contributed by atoms with Crippen molar-refractivity contribution in [3.05, 3.63) is 35.1 Å². The molecule has 6 rings (SSSR count). The minimum absolute atomic E-state index is 0.0458. The summed E-state index contributed by atoms with van der Waals surface area (Å²) in [5, 5.41) is 5.26. The van der Waals surface area contributed by atoms with Gasteiger partial charge in [0.25, 0.3) is 0 Å². The molecule has 0 saturated carbocycles. The van der Waals surface area contributed by atoms with Crippen LogP contribution in [0.1, 0.15) is 30.3 Å². The Bertz CT molecular complexity index is 884. The SMILES string of the molecule is Cc1nc(-c2cccs2)cc(C2CN3CCC2CC3CNC(=O)N2CCOCC2)n1. The first-order valence-electron chi connectivity index (χ1n) is 10.9. The molecule has 0 aromatic carbocycles. The van der Waals surface area contributed by atoms with Crippen LogP contribution in [0.25, 0.3) is 10.6 Å². The molecule has 30 heavy (non-hydrogen) atoms. The lowest BCUT2D eigenvalue weighted by Gasteiger charge is -2.49. The van der Waals surface area contributed by atoms with E-state index < -0.39 is 0 Å². The number of piperidine rings is 3. The molecule has 0 aliphatic carbocycles. The number of hydrogen-bond acceptors (Lipinski definition) is 6. The van der Waals surface area contributed by atoms with E-state index in [1.165, 1.54) is 17.0 Å². The zero-order chi connectivity index (χ0) is 20.5. The second-order valence-electron chi connectivity index (χ2n) is 8.53. The number of aromatic nitrogens is 2. The summed E-state index contributed by atoms with van der Waals surface area (Å²) in [5.41, 5.74) is 2.22. The molecule has 2 amide bonds. The van der Waals surface area contributed by atoms with Crippen LogP contribution >= 0.6 is 11.3 Å². The third-order valence-electron chi connectivity index (χ3n) is 6.68. The molecule has 8 heteroatoms. The zero-order valence-corrected chi connectivity index (χ0v) is 18.2. The average Bonchev–Trinajstić information content (AvgIpc) is 3.33. The Balaban J connectivity index is 1.24. The number of hydrogen-bond donors (Lipinski definition) is 1. The molecule has 2 aromatic heterocycles. The lowest BCUT2D eigenvalue weighted by atomic mass is 9.74. The number of fused-ring (bicyclic) bond motifs is 3. The van der Waals surface area contributed by atoms with Gasteiger partial charge in [-0.15, -0.1) is 11.3 Å². The predicted molar refractivity (Wildman–Crippen MR) is 117 cm³/mol. The number of carbonyl (C=O) groups excluding carboxylic acids is 1. The summed E-state index contributed by atoms with van der Waals surface area (Å²) in [7, 11) is 0. The number of rotatable bonds is 4. The van der Waals surface area contributed by atoms with Gasteiger partial charge in [0.1, 0.15) is 5.82 Å². The van der Waals surface area contributed by atoms with Crippen LogP contribution in [0.2, 0.25) is 0 Å². The van der Waals surface area contributed by atoms with E-state index in [4.69, 9.17) is 9.72 Å². The van der Waals surface area contributed by atoms with Crippen molar-refractivity contribution >= 4 is 17.4 Å². The highest BCUT2D eigenvalue weighted by atomic mass is 32.1. The van der Waals surface area contributed by atoms with Gasteiger partial charge in [0.15, 0.2) is 0 Å². The van der Waals surface area contributed by atoms with Crippen molar-refractivity contribution in [2.75, 3.05) is 45.9 Å². The fourth-order valence-electron chi connectivity index (χ4n) is 5.10. The van der Waals surface area contributed by atoms with E-state index in [-0.39, 0.29) is 6.03 Å². The topological polar surface area (TPSA) is 70.6 Å². The van der Waals surface area contributed by atoms with Crippen molar-refractivity contribution in [2.24, 2.45) is 5.92 Å². The van der Waals surface area contributed by atoms with Gasteiger partial charge in [0.05, 0.1) is 23.8 Å². The number of nitrogens with zero attached hydrogens (tertiary/aromatic N) is 4. The summed E-state index contributed by atoms with van der Waals surface area (Å²) in [4.78, 5) is 27.5. The number of morpholine rings is 1. The van der Waals surface area contributed by atoms with Crippen LogP contribution in [0.3, 0.4) is 0 Å². The summed E-state index contributed by atoms with van der Waals surface area (Å²) in [5.74, 6) is 1.91. The van der Waals surface area contributed by atoms with Gasteiger partial charge < -0.3 is 15.0 Å². The lowest BCUT2D eigenvalue weighted by Crippen LogP contribution is -2.57. The predicted octanol–water partition coefficient (Wildman–Crippen LogP) is 2.73. The molecule has 4 saturated heterocycles. The zero-order valence-electron chi connectivity index (χ0n) is 17.4. The van der Waals surface area contributed by atoms with Gasteiger partial charge in [-0.1, -0.05) is 6.07 Å². The van der Waals surface area contributed by atoms with Crippen molar-refractivity contribution in [3.63, 3.8) is 0 Å². The maximum Gasteiger partial charge on any atom is 0.317 e. The number of aryl methyl sites for hydroxylation is 1. The standard InChI is InChI=1S/C22H29N5O2S/c1-15-24-19(12-20(25-15)21-3-2-10-30-21)18-14-27-5-4-16(18)11-17(27)13-23-22(28)26-6-8-29-9-7-26/h2-3,10,12,16-18H,4-9,11,13-14H2,1H3,(H,23,28). The molecule has 4 aliphatic heterocycles. The number of urea groups is 1. The van der Waals surface area contributed by atoms with Gasteiger partial charge in [-0.05, 0) is 49.7 Å². The van der Waals surface area contributed by atoms with Crippen molar-refractivity contribution < 1.29 is 9.53 Å². The second kappa shape index (κ2) is 8.61. The van der Waals surface area contributed by atoms with Crippen molar-refractivity contribution in [1.29, 1.82) is 0 Å². The van der Waals surface area contributed by atoms with Crippen LogP contribution in [0.5, 0.6) is 0 Å². The van der Waals surface area contributed by atoms with E-state index in [0.29, 0.717) is 44.2 Å². The molecule has 2 aromatic rings. The first-order chi connectivity index (χ1) is 14.7. The fourth-order valence-corrected chi connectivity index (χ4v) is 5.79. The van der Waals surface area contributed by atoms with Gasteiger partial charge >= 0.3 is 6.03 Å². The molecule has 0 radical (unpaired) electrons. The molecule has 4 aliphatic rings. The Kier molecular flexibility index (Phi) is 5.71. The molecule has 160 valence electrons. The van der Waals surface area contributed by atoms with E-state index in [9.17, 15) is 4.79 Å². The Morgan fingerprint density at radius 3 is 2.90 bits per heavy atom. The van der Waals surface area contributed by atoms with Crippen LogP contribution < -0.4 is 5.32 Å². The minimum Gasteiger partial charge on any atom is -0.378 e. The van der Waals surface area contributed by atoms with Crippen molar-refractivity contribution in [1.82, 2.24) is 25.1 Å². The lowest BCUT2D eigenvalue weighted by molar-refractivity contribution is 0.0274. The molecule has 2 bridgehead atoms. The smallest absolute Gasteiger partial charge is 0.317 e. The summed E-state index contributed by atoms with van der Waals surface area (Å²) >= 11 is 1.72. The van der Waals surface area contributed by atoms with Crippen LogP contribution in [-0.4, -0.2) is 77.8 Å². The van der Waals surface area contributed by atoms with E-state index in [1.54, 1.807) is 11.3 Å². The summed E-state index contributed by atoms with van der Waals surface area (Å²) in [6.45, 7) is 7.49. The largest absolute Gasteiger partial charge is 0.378 e. The Labute approximate surface area is 181 Å². The van der Waals surface area contributed by atoms with Gasteiger partial charge in [-0.25, -0.2) is 14.8 Å². The van der Waals surface area contributed by atoms with E-state index in [0.717, 1.165) is 37.6 Å². The molecule has 7 nitrogen and oxygen atoms in total. The molecule has 0 spiro atoms. The summed E-state index contributed by atoms with van der Waals surface area (Å²) in [6, 6.07) is 6.86. The number of carbonyl (C=O) groups is 1. The molecule has 4 atom stereocenters. The maximum absolute atomic E-state index is 12.4. The van der Waals surface area contributed by atoms with Gasteiger partial charge in [-0.3, -0.25) is 4.90 Å². The third kappa shape index (κ3) is 4.08. The second-order valence-corrected chi connectivity index (χ2v) is 9.48. The molecule has 4 unspecified atom stereocenters. The van der Waals surface area contributed by atoms with Gasteiger partial charge in [-0.2, -0.15) is 0 Å². The third-order valence-corrected chi connectivity index (χ3v) is 7.57.